The molecule has 0 atom stereocenters. The number of carbonyl (C=O) groups excluding carboxylic acids is 2. The molecule has 2 amide bonds. The highest BCUT2D eigenvalue weighted by Gasteiger charge is 2.14. The first-order chi connectivity index (χ1) is 11.7. The van der Waals surface area contributed by atoms with Crippen LogP contribution in [-0.2, 0) is 16.0 Å². The maximum absolute atomic E-state index is 12.6. The summed E-state index contributed by atoms with van der Waals surface area (Å²) >= 11 is 0. The number of hydrogen-bond donors (Lipinski definition) is 2. The van der Waals surface area contributed by atoms with Gasteiger partial charge in [0.25, 0.3) is 5.91 Å². The number of rotatable bonds is 8. The van der Waals surface area contributed by atoms with Crippen LogP contribution in [-0.4, -0.2) is 43.6 Å². The number of nitrogens with zero attached hydrogens (tertiary/aromatic N) is 1. The molecule has 1 aromatic heterocycles. The molecule has 24 heavy (non-hydrogen) atoms. The van der Waals surface area contributed by atoms with Crippen molar-refractivity contribution >= 4 is 22.7 Å². The summed E-state index contributed by atoms with van der Waals surface area (Å²) in [7, 11) is 1.48. The zero-order chi connectivity index (χ0) is 17.4. The van der Waals surface area contributed by atoms with E-state index in [0.717, 1.165) is 22.9 Å². The van der Waals surface area contributed by atoms with Crippen LogP contribution in [0.5, 0.6) is 0 Å². The maximum Gasteiger partial charge on any atom is 0.252 e. The minimum Gasteiger partial charge on any atom is -0.375 e. The third kappa shape index (κ3) is 4.52. The summed E-state index contributed by atoms with van der Waals surface area (Å²) in [5.74, 6) is -0.258. The normalized spacial score (nSPS) is 10.6. The molecule has 0 aliphatic heterocycles. The van der Waals surface area contributed by atoms with E-state index in [1.807, 2.05) is 31.2 Å². The minimum absolute atomic E-state index is 0.0508. The van der Waals surface area contributed by atoms with Crippen molar-refractivity contribution < 1.29 is 14.3 Å². The number of amides is 2. The molecule has 0 fully saturated rings. The lowest BCUT2D eigenvalue weighted by molar-refractivity contribution is -0.124. The van der Waals surface area contributed by atoms with Gasteiger partial charge in [0.15, 0.2) is 0 Å². The van der Waals surface area contributed by atoms with E-state index in [1.54, 1.807) is 6.20 Å². The molecule has 0 unspecified atom stereocenters. The van der Waals surface area contributed by atoms with Crippen LogP contribution in [0.3, 0.4) is 0 Å². The van der Waals surface area contributed by atoms with Crippen LogP contribution in [0.2, 0.25) is 0 Å². The Kier molecular flexibility index (Phi) is 6.69. The summed E-state index contributed by atoms with van der Waals surface area (Å²) < 4.78 is 4.74. The number of carbonyl (C=O) groups is 2. The Balaban J connectivity index is 1.97. The molecule has 0 bridgehead atoms. The van der Waals surface area contributed by atoms with Crippen molar-refractivity contribution in [3.05, 3.63) is 41.6 Å². The van der Waals surface area contributed by atoms with E-state index in [0.29, 0.717) is 25.1 Å². The van der Waals surface area contributed by atoms with Crippen LogP contribution >= 0.6 is 0 Å². The van der Waals surface area contributed by atoms with Crippen molar-refractivity contribution in [1.82, 2.24) is 15.6 Å². The minimum atomic E-state index is -0.155. The first-order valence-corrected chi connectivity index (χ1v) is 8.07. The van der Waals surface area contributed by atoms with Gasteiger partial charge >= 0.3 is 0 Å². The average molecular weight is 329 g/mol. The molecule has 1 heterocycles. The van der Waals surface area contributed by atoms with Gasteiger partial charge in [-0.2, -0.15) is 0 Å². The van der Waals surface area contributed by atoms with Gasteiger partial charge in [-0.25, -0.2) is 0 Å². The second kappa shape index (κ2) is 8.98. The molecule has 2 N–H and O–H groups in total. The van der Waals surface area contributed by atoms with Crippen LogP contribution in [0.15, 0.2) is 30.5 Å². The highest BCUT2D eigenvalue weighted by molar-refractivity contribution is 6.07. The smallest absolute Gasteiger partial charge is 0.252 e. The average Bonchev–Trinajstić information content (AvgIpc) is 2.60. The number of methoxy groups -OCH3 is 1. The maximum atomic E-state index is 12.6. The molecule has 0 saturated heterocycles. The van der Waals surface area contributed by atoms with E-state index in [9.17, 15) is 9.59 Å². The molecular weight excluding hydrogens is 306 g/mol. The predicted octanol–water partition coefficient (Wildman–Crippen LogP) is 1.68. The fraction of sp³-hybridized carbons (Fsp3) is 0.389. The molecule has 0 aliphatic rings. The highest BCUT2D eigenvalue weighted by Crippen LogP contribution is 2.20. The van der Waals surface area contributed by atoms with Gasteiger partial charge in [0, 0.05) is 31.8 Å². The Hall–Kier alpha value is -2.47. The number of hydrogen-bond acceptors (Lipinski definition) is 4. The zero-order valence-electron chi connectivity index (χ0n) is 14.1. The monoisotopic (exact) mass is 329 g/mol. The summed E-state index contributed by atoms with van der Waals surface area (Å²) in [5.41, 5.74) is 2.43. The Morgan fingerprint density at radius 2 is 1.92 bits per heavy atom. The molecular formula is C18H23N3O3. The van der Waals surface area contributed by atoms with E-state index < -0.39 is 0 Å². The van der Waals surface area contributed by atoms with Gasteiger partial charge in [-0.3, -0.25) is 14.6 Å². The Labute approximate surface area is 141 Å². The third-order valence-electron chi connectivity index (χ3n) is 3.70. The van der Waals surface area contributed by atoms with Crippen LogP contribution < -0.4 is 10.6 Å². The first-order valence-electron chi connectivity index (χ1n) is 8.07. The fourth-order valence-electron chi connectivity index (χ4n) is 2.51. The third-order valence-corrected chi connectivity index (χ3v) is 3.70. The summed E-state index contributed by atoms with van der Waals surface area (Å²) in [4.78, 5) is 28.3. The van der Waals surface area contributed by atoms with E-state index in [4.69, 9.17) is 4.74 Å². The van der Waals surface area contributed by atoms with Gasteiger partial charge in [-0.05, 0) is 24.5 Å². The molecule has 6 nitrogen and oxygen atoms in total. The number of aromatic nitrogens is 1. The highest BCUT2D eigenvalue weighted by atomic mass is 16.5. The van der Waals surface area contributed by atoms with Gasteiger partial charge < -0.3 is 15.4 Å². The van der Waals surface area contributed by atoms with Crippen LogP contribution in [0.1, 0.15) is 29.3 Å². The van der Waals surface area contributed by atoms with Crippen LogP contribution in [0, 0.1) is 0 Å². The molecule has 2 aromatic rings. The molecule has 128 valence electrons. The lowest BCUT2D eigenvalue weighted by Crippen LogP contribution is -2.32. The number of ether oxygens (including phenoxy) is 1. The summed E-state index contributed by atoms with van der Waals surface area (Å²) in [6.07, 6.45) is 3.17. The lowest BCUT2D eigenvalue weighted by atomic mass is 10.0. The van der Waals surface area contributed by atoms with Crippen LogP contribution in [0.4, 0.5) is 0 Å². The van der Waals surface area contributed by atoms with E-state index in [1.165, 1.54) is 7.11 Å². The number of benzene rings is 1. The Morgan fingerprint density at radius 1 is 1.17 bits per heavy atom. The summed E-state index contributed by atoms with van der Waals surface area (Å²) in [5, 5.41) is 6.51. The summed E-state index contributed by atoms with van der Waals surface area (Å²) in [6.45, 7) is 3.05. The van der Waals surface area contributed by atoms with Crippen molar-refractivity contribution in [1.29, 1.82) is 0 Å². The van der Waals surface area contributed by atoms with Gasteiger partial charge in [0.05, 0.1) is 11.1 Å². The molecule has 2 rings (SSSR count). The zero-order valence-corrected chi connectivity index (χ0v) is 14.1. The second-order valence-corrected chi connectivity index (χ2v) is 5.42. The van der Waals surface area contributed by atoms with Crippen molar-refractivity contribution in [3.8, 4) is 0 Å². The number of nitrogens with one attached hydrogen (secondary N) is 2. The molecule has 0 spiro atoms. The lowest BCUT2D eigenvalue weighted by Gasteiger charge is -2.12. The number of para-hydroxylation sites is 1. The van der Waals surface area contributed by atoms with Gasteiger partial charge in [0.1, 0.15) is 6.61 Å². The van der Waals surface area contributed by atoms with Gasteiger partial charge in [-0.15, -0.1) is 0 Å². The molecule has 0 radical (unpaired) electrons. The van der Waals surface area contributed by atoms with Crippen LogP contribution in [0.25, 0.3) is 10.9 Å². The standard InChI is InChI=1S/C18H23N3O3/c1-3-13-11-21-15-8-5-4-7-14(15)17(13)18(23)20-10-6-9-19-16(22)12-24-2/h4-5,7-8,11H,3,6,9-10,12H2,1-2H3,(H,19,22)(H,20,23). The van der Waals surface area contributed by atoms with Crippen molar-refractivity contribution in [2.45, 2.75) is 19.8 Å². The number of fused-ring (bicyclic) bond motifs is 1. The van der Waals surface area contributed by atoms with E-state index in [-0.39, 0.29) is 18.4 Å². The largest absolute Gasteiger partial charge is 0.375 e. The molecule has 0 saturated carbocycles. The Morgan fingerprint density at radius 3 is 2.67 bits per heavy atom. The molecule has 1 aromatic carbocycles. The second-order valence-electron chi connectivity index (χ2n) is 5.42. The first kappa shape index (κ1) is 17.9. The van der Waals surface area contributed by atoms with Crippen molar-refractivity contribution in [3.63, 3.8) is 0 Å². The number of pyridine rings is 1. The fourth-order valence-corrected chi connectivity index (χ4v) is 2.51. The topological polar surface area (TPSA) is 80.3 Å². The van der Waals surface area contributed by atoms with Crippen molar-refractivity contribution in [2.24, 2.45) is 0 Å². The SMILES string of the molecule is CCc1cnc2ccccc2c1C(=O)NCCCNC(=O)COC. The van der Waals surface area contributed by atoms with Crippen molar-refractivity contribution in [2.75, 3.05) is 26.8 Å². The van der Waals surface area contributed by atoms with Gasteiger partial charge in [0.2, 0.25) is 5.91 Å². The Bertz CT molecular complexity index is 716. The van der Waals surface area contributed by atoms with E-state index >= 15 is 0 Å². The summed E-state index contributed by atoms with van der Waals surface area (Å²) in [6, 6.07) is 7.63. The quantitative estimate of drug-likeness (QED) is 0.722. The molecule has 6 heteroatoms. The number of aryl methyl sites for hydroxylation is 1. The van der Waals surface area contributed by atoms with E-state index in [2.05, 4.69) is 15.6 Å². The van der Waals surface area contributed by atoms with Gasteiger partial charge in [-0.1, -0.05) is 25.1 Å². The predicted molar refractivity (Wildman–Crippen MR) is 93.0 cm³/mol. The molecule has 0 aliphatic carbocycles.